The summed E-state index contributed by atoms with van der Waals surface area (Å²) in [4.78, 5) is 0. The minimum absolute atomic E-state index is 0.465. The van der Waals surface area contributed by atoms with Crippen molar-refractivity contribution in [2.75, 3.05) is 13.2 Å². The molecule has 1 rings (SSSR count). The molecule has 11 heavy (non-hydrogen) atoms. The van der Waals surface area contributed by atoms with Crippen LogP contribution >= 0.6 is 0 Å². The van der Waals surface area contributed by atoms with Crippen molar-refractivity contribution in [1.82, 2.24) is 5.32 Å². The molecule has 1 N–H and O–H groups in total. The van der Waals surface area contributed by atoms with Crippen molar-refractivity contribution in [3.05, 3.63) is 0 Å². The minimum atomic E-state index is 0.465. The molecule has 0 amide bonds. The van der Waals surface area contributed by atoms with Gasteiger partial charge in [0.25, 0.3) is 0 Å². The SMILES string of the molecule is CC(C)CO[C@@H]1CN[C@H](C)C1. The van der Waals surface area contributed by atoms with E-state index in [0.29, 0.717) is 18.1 Å². The number of nitrogens with one attached hydrogen (secondary N) is 1. The van der Waals surface area contributed by atoms with E-state index < -0.39 is 0 Å². The van der Waals surface area contributed by atoms with Gasteiger partial charge in [0.1, 0.15) is 0 Å². The fraction of sp³-hybridized carbons (Fsp3) is 1.00. The predicted molar refractivity (Wildman–Crippen MR) is 46.7 cm³/mol. The molecule has 1 saturated heterocycles. The van der Waals surface area contributed by atoms with Crippen molar-refractivity contribution < 1.29 is 4.74 Å². The summed E-state index contributed by atoms with van der Waals surface area (Å²) in [5, 5.41) is 3.37. The first-order chi connectivity index (χ1) is 5.18. The molecule has 1 heterocycles. The molecule has 0 aromatic heterocycles. The molecule has 0 saturated carbocycles. The van der Waals surface area contributed by atoms with E-state index >= 15 is 0 Å². The lowest BCUT2D eigenvalue weighted by atomic mass is 10.2. The number of rotatable bonds is 3. The third-order valence-corrected chi connectivity index (χ3v) is 1.98. The first-order valence-corrected chi connectivity index (χ1v) is 4.53. The molecule has 2 heteroatoms. The first kappa shape index (κ1) is 9.01. The van der Waals surface area contributed by atoms with Gasteiger partial charge in [0.05, 0.1) is 6.10 Å². The van der Waals surface area contributed by atoms with Gasteiger partial charge in [-0.15, -0.1) is 0 Å². The molecule has 0 radical (unpaired) electrons. The van der Waals surface area contributed by atoms with Crippen molar-refractivity contribution in [2.24, 2.45) is 5.92 Å². The molecule has 0 aromatic rings. The first-order valence-electron chi connectivity index (χ1n) is 4.53. The molecule has 2 atom stereocenters. The highest BCUT2D eigenvalue weighted by Gasteiger charge is 2.20. The number of hydrogen-bond acceptors (Lipinski definition) is 2. The van der Waals surface area contributed by atoms with E-state index in [2.05, 4.69) is 26.1 Å². The van der Waals surface area contributed by atoms with Crippen LogP contribution in [0.5, 0.6) is 0 Å². The minimum Gasteiger partial charge on any atom is -0.377 e. The molecule has 0 aromatic carbocycles. The molecule has 1 aliphatic rings. The molecule has 2 nitrogen and oxygen atoms in total. The lowest BCUT2D eigenvalue weighted by Gasteiger charge is -2.12. The van der Waals surface area contributed by atoms with E-state index in [-0.39, 0.29) is 0 Å². The van der Waals surface area contributed by atoms with E-state index in [0.717, 1.165) is 13.2 Å². The zero-order valence-corrected chi connectivity index (χ0v) is 7.76. The van der Waals surface area contributed by atoms with Crippen LogP contribution in [0.3, 0.4) is 0 Å². The third-order valence-electron chi connectivity index (χ3n) is 1.98. The standard InChI is InChI=1S/C9H19NO/c1-7(2)6-11-9-4-8(3)10-5-9/h7-10H,4-6H2,1-3H3/t8-,9+/m1/s1. The lowest BCUT2D eigenvalue weighted by molar-refractivity contribution is 0.0474. The van der Waals surface area contributed by atoms with Gasteiger partial charge in [0, 0.05) is 19.2 Å². The highest BCUT2D eigenvalue weighted by atomic mass is 16.5. The highest BCUT2D eigenvalue weighted by molar-refractivity contribution is 4.78. The molecular formula is C9H19NO. The molecule has 0 spiro atoms. The van der Waals surface area contributed by atoms with Gasteiger partial charge in [-0.3, -0.25) is 0 Å². The van der Waals surface area contributed by atoms with E-state index in [9.17, 15) is 0 Å². The summed E-state index contributed by atoms with van der Waals surface area (Å²) in [5.74, 6) is 0.658. The summed E-state index contributed by atoms with van der Waals surface area (Å²) in [6, 6.07) is 0.646. The molecule has 66 valence electrons. The van der Waals surface area contributed by atoms with Crippen molar-refractivity contribution in [2.45, 2.75) is 39.3 Å². The topological polar surface area (TPSA) is 21.3 Å². The van der Waals surface area contributed by atoms with Crippen molar-refractivity contribution in [1.29, 1.82) is 0 Å². The molecule has 0 aliphatic carbocycles. The third kappa shape index (κ3) is 3.21. The van der Waals surface area contributed by atoms with Crippen LogP contribution in [-0.2, 0) is 4.74 Å². The van der Waals surface area contributed by atoms with Crippen LogP contribution in [0.1, 0.15) is 27.2 Å². The van der Waals surface area contributed by atoms with E-state index in [1.54, 1.807) is 0 Å². The summed E-state index contributed by atoms with van der Waals surface area (Å²) in [6.07, 6.45) is 1.64. The summed E-state index contributed by atoms with van der Waals surface area (Å²) in [6.45, 7) is 8.52. The summed E-state index contributed by atoms with van der Waals surface area (Å²) >= 11 is 0. The van der Waals surface area contributed by atoms with Crippen LogP contribution in [0.15, 0.2) is 0 Å². The van der Waals surface area contributed by atoms with Gasteiger partial charge in [0.2, 0.25) is 0 Å². The summed E-state index contributed by atoms with van der Waals surface area (Å²) in [7, 11) is 0. The van der Waals surface area contributed by atoms with Crippen LogP contribution in [0.2, 0.25) is 0 Å². The van der Waals surface area contributed by atoms with E-state index in [4.69, 9.17) is 4.74 Å². The second-order valence-electron chi connectivity index (χ2n) is 3.89. The average Bonchev–Trinajstić information content (AvgIpc) is 2.31. The Morgan fingerprint density at radius 2 is 2.27 bits per heavy atom. The maximum atomic E-state index is 5.67. The predicted octanol–water partition coefficient (Wildman–Crippen LogP) is 1.41. The monoisotopic (exact) mass is 157 g/mol. The summed E-state index contributed by atoms with van der Waals surface area (Å²) in [5.41, 5.74) is 0. The molecule has 0 unspecified atom stereocenters. The quantitative estimate of drug-likeness (QED) is 0.669. The Morgan fingerprint density at radius 1 is 1.55 bits per heavy atom. The Balaban J connectivity index is 2.08. The van der Waals surface area contributed by atoms with Gasteiger partial charge in [-0.05, 0) is 19.3 Å². The van der Waals surface area contributed by atoms with Crippen LogP contribution in [0.25, 0.3) is 0 Å². The Labute approximate surface area is 69.3 Å². The summed E-state index contributed by atoms with van der Waals surface area (Å²) < 4.78 is 5.67. The van der Waals surface area contributed by atoms with Crippen molar-refractivity contribution >= 4 is 0 Å². The van der Waals surface area contributed by atoms with Gasteiger partial charge < -0.3 is 10.1 Å². The van der Waals surface area contributed by atoms with Crippen molar-refractivity contribution in [3.63, 3.8) is 0 Å². The van der Waals surface area contributed by atoms with Gasteiger partial charge >= 0.3 is 0 Å². The largest absolute Gasteiger partial charge is 0.377 e. The Morgan fingerprint density at radius 3 is 2.73 bits per heavy atom. The van der Waals surface area contributed by atoms with Gasteiger partial charge in [-0.1, -0.05) is 13.8 Å². The fourth-order valence-corrected chi connectivity index (χ4v) is 1.35. The van der Waals surface area contributed by atoms with Crippen molar-refractivity contribution in [3.8, 4) is 0 Å². The molecule has 1 fully saturated rings. The fourth-order valence-electron chi connectivity index (χ4n) is 1.35. The normalized spacial score (nSPS) is 31.6. The van der Waals surface area contributed by atoms with E-state index in [1.165, 1.54) is 6.42 Å². The van der Waals surface area contributed by atoms with Gasteiger partial charge in [0.15, 0.2) is 0 Å². The molecular weight excluding hydrogens is 138 g/mol. The Bertz CT molecular complexity index is 114. The second-order valence-corrected chi connectivity index (χ2v) is 3.89. The molecule has 0 bridgehead atoms. The second kappa shape index (κ2) is 4.07. The average molecular weight is 157 g/mol. The Kier molecular flexibility index (Phi) is 3.34. The van der Waals surface area contributed by atoms with E-state index in [1.807, 2.05) is 0 Å². The molecule has 1 aliphatic heterocycles. The lowest BCUT2D eigenvalue weighted by Crippen LogP contribution is -2.20. The maximum absolute atomic E-state index is 5.67. The van der Waals surface area contributed by atoms with Gasteiger partial charge in [-0.2, -0.15) is 0 Å². The van der Waals surface area contributed by atoms with Crippen LogP contribution in [0, 0.1) is 5.92 Å². The maximum Gasteiger partial charge on any atom is 0.0714 e. The van der Waals surface area contributed by atoms with Gasteiger partial charge in [-0.25, -0.2) is 0 Å². The Hall–Kier alpha value is -0.0800. The smallest absolute Gasteiger partial charge is 0.0714 e. The number of ether oxygens (including phenoxy) is 1. The van der Waals surface area contributed by atoms with Crippen LogP contribution in [0.4, 0.5) is 0 Å². The zero-order valence-electron chi connectivity index (χ0n) is 7.76. The highest BCUT2D eigenvalue weighted by Crippen LogP contribution is 2.10. The zero-order chi connectivity index (χ0) is 8.27. The van der Waals surface area contributed by atoms with Crippen LogP contribution < -0.4 is 5.32 Å². The van der Waals surface area contributed by atoms with Crippen LogP contribution in [-0.4, -0.2) is 25.3 Å². The number of hydrogen-bond donors (Lipinski definition) is 1.